The Hall–Kier alpha value is -1.22. The van der Waals surface area contributed by atoms with Crippen LogP contribution in [0.5, 0.6) is 0 Å². The summed E-state index contributed by atoms with van der Waals surface area (Å²) in [5.41, 5.74) is 2.21. The van der Waals surface area contributed by atoms with Gasteiger partial charge in [0.1, 0.15) is 6.54 Å². The number of hydrogen-bond acceptors (Lipinski definition) is 6. The van der Waals surface area contributed by atoms with E-state index in [9.17, 15) is 4.79 Å². The highest BCUT2D eigenvalue weighted by atomic mass is 35.5. The maximum Gasteiger partial charge on any atom is 0.242 e. The van der Waals surface area contributed by atoms with Crippen molar-refractivity contribution in [3.05, 3.63) is 29.1 Å². The van der Waals surface area contributed by atoms with Gasteiger partial charge in [0.05, 0.1) is 18.8 Å². The molecule has 144 valence electrons. The molecule has 26 heavy (non-hydrogen) atoms. The van der Waals surface area contributed by atoms with Crippen molar-refractivity contribution in [3.63, 3.8) is 0 Å². The third kappa shape index (κ3) is 4.73. The Morgan fingerprint density at radius 1 is 1.42 bits per heavy atom. The van der Waals surface area contributed by atoms with E-state index in [-0.39, 0.29) is 37.3 Å². The molecule has 1 saturated heterocycles. The van der Waals surface area contributed by atoms with Crippen LogP contribution in [0.25, 0.3) is 0 Å². The molecule has 0 aliphatic carbocycles. The normalized spacial score (nSPS) is 21.2. The number of amides is 1. The Bertz CT molecular complexity index is 686. The fraction of sp³-hybridized carbons (Fsp3) is 0.562. The molecule has 1 aromatic rings. The van der Waals surface area contributed by atoms with Gasteiger partial charge in [-0.2, -0.15) is 5.10 Å². The quantitative estimate of drug-likeness (QED) is 0.758. The number of aliphatic imine (C=N–C) groups is 1. The topological polar surface area (TPSA) is 74.5 Å². The molecule has 2 N–H and O–H groups in total. The summed E-state index contributed by atoms with van der Waals surface area (Å²) in [6, 6.07) is 2.04. The molecule has 3 aliphatic rings. The minimum atomic E-state index is -0.0121. The number of amidine groups is 1. The number of fused-ring (bicyclic) bond motifs is 1. The van der Waals surface area contributed by atoms with Crippen molar-refractivity contribution in [2.45, 2.75) is 25.3 Å². The molecule has 1 unspecified atom stereocenters. The zero-order valence-electron chi connectivity index (χ0n) is 14.4. The second-order valence-electron chi connectivity index (χ2n) is 6.30. The molecule has 4 heterocycles. The summed E-state index contributed by atoms with van der Waals surface area (Å²) in [7, 11) is 0. The number of piperidine rings is 1. The Labute approximate surface area is 169 Å². The van der Waals surface area contributed by atoms with Gasteiger partial charge in [-0.25, -0.2) is 0 Å². The highest BCUT2D eigenvalue weighted by Crippen LogP contribution is 2.28. The molecule has 1 fully saturated rings. The van der Waals surface area contributed by atoms with Crippen LogP contribution in [-0.2, 0) is 11.3 Å². The van der Waals surface area contributed by atoms with E-state index in [2.05, 4.69) is 31.0 Å². The van der Waals surface area contributed by atoms with Crippen LogP contribution >= 0.6 is 36.6 Å². The van der Waals surface area contributed by atoms with Crippen molar-refractivity contribution < 1.29 is 4.79 Å². The predicted molar refractivity (Wildman–Crippen MR) is 109 cm³/mol. The average molecular weight is 419 g/mol. The van der Waals surface area contributed by atoms with Crippen LogP contribution in [0.4, 0.5) is 0 Å². The highest BCUT2D eigenvalue weighted by molar-refractivity contribution is 8.16. The van der Waals surface area contributed by atoms with Gasteiger partial charge in [0.15, 0.2) is 5.17 Å². The number of nitrogens with zero attached hydrogens (tertiary/aromatic N) is 4. The highest BCUT2D eigenvalue weighted by Gasteiger charge is 2.26. The smallest absolute Gasteiger partial charge is 0.242 e. The molecular formula is C16H24Cl2N6OS. The van der Waals surface area contributed by atoms with Crippen molar-refractivity contribution >= 4 is 47.7 Å². The van der Waals surface area contributed by atoms with E-state index in [1.807, 2.05) is 12.3 Å². The monoisotopic (exact) mass is 418 g/mol. The van der Waals surface area contributed by atoms with Gasteiger partial charge in [0.2, 0.25) is 5.91 Å². The van der Waals surface area contributed by atoms with E-state index in [1.165, 1.54) is 12.8 Å². The molecule has 0 saturated carbocycles. The third-order valence-corrected chi connectivity index (χ3v) is 5.55. The summed E-state index contributed by atoms with van der Waals surface area (Å²) in [5, 5.41) is 14.1. The van der Waals surface area contributed by atoms with Crippen molar-refractivity contribution in [1.82, 2.24) is 25.3 Å². The number of aromatic nitrogens is 2. The van der Waals surface area contributed by atoms with E-state index in [1.54, 1.807) is 16.4 Å². The van der Waals surface area contributed by atoms with Crippen LogP contribution in [0.15, 0.2) is 28.4 Å². The lowest BCUT2D eigenvalue weighted by Gasteiger charge is -2.20. The molecule has 3 aliphatic heterocycles. The Balaban J connectivity index is 0.00000121. The minimum Gasteiger partial charge on any atom is -0.349 e. The number of rotatable bonds is 5. The second kappa shape index (κ2) is 9.64. The molecular weight excluding hydrogens is 395 g/mol. The molecule has 10 heteroatoms. The summed E-state index contributed by atoms with van der Waals surface area (Å²) in [4.78, 5) is 18.8. The van der Waals surface area contributed by atoms with Crippen LogP contribution in [-0.4, -0.2) is 58.5 Å². The molecule has 0 radical (unpaired) electrons. The summed E-state index contributed by atoms with van der Waals surface area (Å²) in [6.45, 7) is 4.65. The van der Waals surface area contributed by atoms with E-state index >= 15 is 0 Å². The van der Waals surface area contributed by atoms with Crippen LogP contribution in [0.3, 0.4) is 0 Å². The molecule has 0 aromatic carbocycles. The molecule has 7 nitrogen and oxygen atoms in total. The summed E-state index contributed by atoms with van der Waals surface area (Å²) < 4.78 is 1.74. The van der Waals surface area contributed by atoms with E-state index < -0.39 is 0 Å². The molecule has 0 spiro atoms. The zero-order valence-corrected chi connectivity index (χ0v) is 16.8. The number of carbonyl (C=O) groups is 1. The van der Waals surface area contributed by atoms with E-state index in [4.69, 9.17) is 0 Å². The Morgan fingerprint density at radius 3 is 3.12 bits per heavy atom. The van der Waals surface area contributed by atoms with Gasteiger partial charge in [-0.05, 0) is 25.5 Å². The standard InChI is InChI=1S/C16H22N6OS.2ClH/c23-15(19-9-13-11-24-16-18-5-7-22(13)16)10-21-6-3-14(20-21)12-2-1-4-17-8-12;;/h3,6,11-12,17H,1-2,4-5,7-10H2,(H,19,23);2*1H. The van der Waals surface area contributed by atoms with E-state index in [0.717, 1.165) is 42.7 Å². The first-order valence-electron chi connectivity index (χ1n) is 8.48. The second-order valence-corrected chi connectivity index (χ2v) is 7.14. The lowest BCUT2D eigenvalue weighted by molar-refractivity contribution is -0.121. The Morgan fingerprint density at radius 2 is 2.31 bits per heavy atom. The van der Waals surface area contributed by atoms with Crippen LogP contribution in [0.2, 0.25) is 0 Å². The van der Waals surface area contributed by atoms with Crippen molar-refractivity contribution in [3.8, 4) is 0 Å². The van der Waals surface area contributed by atoms with Crippen molar-refractivity contribution in [1.29, 1.82) is 0 Å². The molecule has 4 rings (SSSR count). The van der Waals surface area contributed by atoms with Crippen LogP contribution in [0.1, 0.15) is 24.5 Å². The number of hydrogen-bond donors (Lipinski definition) is 2. The largest absolute Gasteiger partial charge is 0.349 e. The van der Waals surface area contributed by atoms with Gasteiger partial charge in [-0.3, -0.25) is 14.5 Å². The maximum atomic E-state index is 12.2. The first-order valence-corrected chi connectivity index (χ1v) is 9.36. The number of thioether (sulfide) groups is 1. The fourth-order valence-electron chi connectivity index (χ4n) is 3.30. The zero-order chi connectivity index (χ0) is 16.4. The Kier molecular flexibility index (Phi) is 7.82. The van der Waals surface area contributed by atoms with Gasteiger partial charge in [-0.15, -0.1) is 24.8 Å². The first kappa shape index (κ1) is 21.1. The number of nitrogens with one attached hydrogen (secondary N) is 2. The van der Waals surface area contributed by atoms with Crippen LogP contribution in [0, 0.1) is 0 Å². The fourth-order valence-corrected chi connectivity index (χ4v) is 4.25. The minimum absolute atomic E-state index is 0. The van der Waals surface area contributed by atoms with E-state index in [0.29, 0.717) is 12.5 Å². The first-order chi connectivity index (χ1) is 11.8. The van der Waals surface area contributed by atoms with Gasteiger partial charge < -0.3 is 15.5 Å². The maximum absolute atomic E-state index is 12.2. The summed E-state index contributed by atoms with van der Waals surface area (Å²) >= 11 is 1.63. The molecule has 1 amide bonds. The summed E-state index contributed by atoms with van der Waals surface area (Å²) in [5.74, 6) is 0.457. The van der Waals surface area contributed by atoms with Gasteiger partial charge in [0.25, 0.3) is 0 Å². The predicted octanol–water partition coefficient (Wildman–Crippen LogP) is 1.57. The SMILES string of the molecule is Cl.Cl.O=C(Cn1ccc(C2CCCNC2)n1)NCC1=CSC2=NCCN12. The van der Waals surface area contributed by atoms with Crippen LogP contribution < -0.4 is 10.6 Å². The average Bonchev–Trinajstić information content (AvgIpc) is 3.31. The van der Waals surface area contributed by atoms with Gasteiger partial charge >= 0.3 is 0 Å². The van der Waals surface area contributed by atoms with Crippen molar-refractivity contribution in [2.24, 2.45) is 4.99 Å². The molecule has 0 bridgehead atoms. The molecule has 1 atom stereocenters. The molecule has 1 aromatic heterocycles. The van der Waals surface area contributed by atoms with Crippen molar-refractivity contribution in [2.75, 3.05) is 32.7 Å². The van der Waals surface area contributed by atoms with Gasteiger partial charge in [0, 0.05) is 36.3 Å². The number of carbonyl (C=O) groups excluding carboxylic acids is 1. The number of halogens is 2. The van der Waals surface area contributed by atoms with Gasteiger partial charge in [-0.1, -0.05) is 11.8 Å². The lowest BCUT2D eigenvalue weighted by Crippen LogP contribution is -2.34. The third-order valence-electron chi connectivity index (χ3n) is 4.60. The summed E-state index contributed by atoms with van der Waals surface area (Å²) in [6.07, 6.45) is 4.26. The lowest BCUT2D eigenvalue weighted by atomic mass is 9.97.